The number of rotatable bonds is 2. The van der Waals surface area contributed by atoms with Crippen LogP contribution in [0.3, 0.4) is 0 Å². The summed E-state index contributed by atoms with van der Waals surface area (Å²) >= 11 is 0. The number of amides is 1. The van der Waals surface area contributed by atoms with Crippen molar-refractivity contribution < 1.29 is 15.0 Å². The van der Waals surface area contributed by atoms with E-state index >= 15 is 0 Å². The van der Waals surface area contributed by atoms with Gasteiger partial charge in [0.2, 0.25) is 5.91 Å². The summed E-state index contributed by atoms with van der Waals surface area (Å²) in [6.07, 6.45) is 2.83. The van der Waals surface area contributed by atoms with Crippen LogP contribution in [-0.2, 0) is 4.79 Å². The van der Waals surface area contributed by atoms with Gasteiger partial charge in [-0.05, 0) is 40.0 Å². The molecule has 2 atom stereocenters. The molecule has 96 valence electrons. The summed E-state index contributed by atoms with van der Waals surface area (Å²) < 4.78 is 0. The van der Waals surface area contributed by atoms with E-state index in [1.807, 2.05) is 6.92 Å². The van der Waals surface area contributed by atoms with Crippen molar-refractivity contribution in [3.63, 3.8) is 0 Å². The van der Waals surface area contributed by atoms with Crippen molar-refractivity contribution >= 4 is 5.91 Å². The average Bonchev–Trinajstić information content (AvgIpc) is 2.49. The van der Waals surface area contributed by atoms with E-state index in [-0.39, 0.29) is 17.9 Å². The van der Waals surface area contributed by atoms with Gasteiger partial charge in [0.15, 0.2) is 5.79 Å². The van der Waals surface area contributed by atoms with E-state index in [1.54, 1.807) is 0 Å². The Bertz CT molecular complexity index is 208. The third-order valence-corrected chi connectivity index (χ3v) is 2.19. The molecule has 1 rings (SSSR count). The minimum absolute atomic E-state index is 0.181. The largest absolute Gasteiger partial charge is 0.366 e. The SMILES string of the molecule is CC(C)(O)O.CCNC(=O)[C@@H]1CC[C@H](N)C1. The lowest BCUT2D eigenvalue weighted by molar-refractivity contribution is -0.127. The Balaban J connectivity index is 0.000000385. The molecular weight excluding hydrogens is 208 g/mol. The van der Waals surface area contributed by atoms with E-state index in [1.165, 1.54) is 13.8 Å². The highest BCUT2D eigenvalue weighted by atomic mass is 16.5. The molecule has 1 saturated carbocycles. The van der Waals surface area contributed by atoms with E-state index in [0.29, 0.717) is 0 Å². The second-order valence-corrected chi connectivity index (χ2v) is 4.66. The van der Waals surface area contributed by atoms with Gasteiger partial charge in [0.05, 0.1) is 0 Å². The zero-order chi connectivity index (χ0) is 12.8. The number of carbonyl (C=O) groups excluding carboxylic acids is 1. The van der Waals surface area contributed by atoms with E-state index in [9.17, 15) is 4.79 Å². The molecule has 0 aromatic carbocycles. The van der Waals surface area contributed by atoms with Crippen molar-refractivity contribution in [3.8, 4) is 0 Å². The zero-order valence-corrected chi connectivity index (χ0v) is 10.4. The van der Waals surface area contributed by atoms with Gasteiger partial charge in [0.25, 0.3) is 0 Å². The van der Waals surface area contributed by atoms with Gasteiger partial charge in [-0.1, -0.05) is 0 Å². The second kappa shape index (κ2) is 6.83. The summed E-state index contributed by atoms with van der Waals surface area (Å²) in [7, 11) is 0. The van der Waals surface area contributed by atoms with Crippen molar-refractivity contribution in [1.82, 2.24) is 5.32 Å². The molecule has 0 saturated heterocycles. The predicted octanol–water partition coefficient (Wildman–Crippen LogP) is -0.0430. The Morgan fingerprint density at radius 1 is 1.44 bits per heavy atom. The minimum atomic E-state index is -1.50. The molecule has 0 bridgehead atoms. The van der Waals surface area contributed by atoms with E-state index in [4.69, 9.17) is 15.9 Å². The summed E-state index contributed by atoms with van der Waals surface area (Å²) in [6, 6.07) is 0.252. The van der Waals surface area contributed by atoms with Crippen molar-refractivity contribution in [2.45, 2.75) is 51.9 Å². The second-order valence-electron chi connectivity index (χ2n) is 4.66. The third-order valence-electron chi connectivity index (χ3n) is 2.19. The molecule has 5 heteroatoms. The fourth-order valence-corrected chi connectivity index (χ4v) is 1.57. The molecule has 5 N–H and O–H groups in total. The van der Waals surface area contributed by atoms with Gasteiger partial charge >= 0.3 is 0 Å². The fraction of sp³-hybridized carbons (Fsp3) is 0.909. The van der Waals surface area contributed by atoms with Crippen LogP contribution in [-0.4, -0.2) is 34.5 Å². The lowest BCUT2D eigenvalue weighted by atomic mass is 10.1. The monoisotopic (exact) mass is 232 g/mol. The maximum atomic E-state index is 11.2. The smallest absolute Gasteiger partial charge is 0.223 e. The topological polar surface area (TPSA) is 95.6 Å². The minimum Gasteiger partial charge on any atom is -0.366 e. The molecule has 16 heavy (non-hydrogen) atoms. The molecule has 0 aromatic rings. The fourth-order valence-electron chi connectivity index (χ4n) is 1.57. The first kappa shape index (κ1) is 15.3. The van der Waals surface area contributed by atoms with Crippen LogP contribution in [0.25, 0.3) is 0 Å². The predicted molar refractivity (Wildman–Crippen MR) is 62.5 cm³/mol. The van der Waals surface area contributed by atoms with Gasteiger partial charge in [-0.2, -0.15) is 0 Å². The molecule has 0 unspecified atom stereocenters. The number of nitrogens with two attached hydrogens (primary N) is 1. The van der Waals surface area contributed by atoms with Gasteiger partial charge in [0, 0.05) is 18.5 Å². The highest BCUT2D eigenvalue weighted by Crippen LogP contribution is 2.23. The van der Waals surface area contributed by atoms with Crippen molar-refractivity contribution in [1.29, 1.82) is 0 Å². The van der Waals surface area contributed by atoms with E-state index < -0.39 is 5.79 Å². The van der Waals surface area contributed by atoms with Gasteiger partial charge in [-0.3, -0.25) is 4.79 Å². The third kappa shape index (κ3) is 8.64. The normalized spacial score (nSPS) is 24.6. The Labute approximate surface area is 97.0 Å². The van der Waals surface area contributed by atoms with Gasteiger partial charge in [-0.25, -0.2) is 0 Å². The zero-order valence-electron chi connectivity index (χ0n) is 10.4. The van der Waals surface area contributed by atoms with Crippen molar-refractivity contribution in [2.75, 3.05) is 6.54 Å². The molecule has 1 aliphatic carbocycles. The average molecular weight is 232 g/mol. The highest BCUT2D eigenvalue weighted by molar-refractivity contribution is 5.78. The molecule has 0 aliphatic heterocycles. The molecule has 5 nitrogen and oxygen atoms in total. The van der Waals surface area contributed by atoms with Crippen LogP contribution >= 0.6 is 0 Å². The first-order valence-corrected chi connectivity index (χ1v) is 5.72. The molecule has 0 spiro atoms. The van der Waals surface area contributed by atoms with Crippen molar-refractivity contribution in [3.05, 3.63) is 0 Å². The summed E-state index contributed by atoms with van der Waals surface area (Å²) in [5.74, 6) is -1.13. The summed E-state index contributed by atoms with van der Waals surface area (Å²) in [5.41, 5.74) is 5.68. The van der Waals surface area contributed by atoms with Crippen LogP contribution < -0.4 is 11.1 Å². The maximum absolute atomic E-state index is 11.2. The van der Waals surface area contributed by atoms with Crippen LogP contribution in [0.15, 0.2) is 0 Å². The number of hydrogen-bond donors (Lipinski definition) is 4. The Hall–Kier alpha value is -0.650. The Morgan fingerprint density at radius 2 is 1.94 bits per heavy atom. The van der Waals surface area contributed by atoms with Crippen molar-refractivity contribution in [2.24, 2.45) is 11.7 Å². The lowest BCUT2D eigenvalue weighted by Gasteiger charge is -2.08. The van der Waals surface area contributed by atoms with Gasteiger partial charge in [-0.15, -0.1) is 0 Å². The first-order chi connectivity index (χ1) is 7.24. The highest BCUT2D eigenvalue weighted by Gasteiger charge is 2.26. The molecular formula is C11H24N2O3. The standard InChI is InChI=1S/C8H16N2O.C3H8O2/c1-2-10-8(11)6-3-4-7(9)5-6;1-3(2,4)5/h6-7H,2-5,9H2,1H3,(H,10,11);4-5H,1-2H3/t6-,7+;/m1./s1. The quantitative estimate of drug-likeness (QED) is 0.502. The molecule has 1 aliphatic rings. The number of hydrogen-bond acceptors (Lipinski definition) is 4. The van der Waals surface area contributed by atoms with E-state index in [0.717, 1.165) is 25.8 Å². The van der Waals surface area contributed by atoms with Gasteiger partial charge in [0.1, 0.15) is 0 Å². The molecule has 0 heterocycles. The van der Waals surface area contributed by atoms with Crippen LogP contribution in [0.5, 0.6) is 0 Å². The molecule has 0 radical (unpaired) electrons. The molecule has 0 aromatic heterocycles. The summed E-state index contributed by atoms with van der Waals surface area (Å²) in [6.45, 7) is 5.26. The van der Waals surface area contributed by atoms with Crippen LogP contribution in [0.1, 0.15) is 40.0 Å². The van der Waals surface area contributed by atoms with Crippen LogP contribution in [0, 0.1) is 5.92 Å². The Morgan fingerprint density at radius 3 is 2.25 bits per heavy atom. The molecule has 1 amide bonds. The lowest BCUT2D eigenvalue weighted by Crippen LogP contribution is -2.30. The van der Waals surface area contributed by atoms with Crippen LogP contribution in [0.2, 0.25) is 0 Å². The summed E-state index contributed by atoms with van der Waals surface area (Å²) in [5, 5.41) is 19.0. The number of nitrogens with one attached hydrogen (secondary N) is 1. The maximum Gasteiger partial charge on any atom is 0.223 e. The number of carbonyl (C=O) groups is 1. The summed E-state index contributed by atoms with van der Waals surface area (Å²) in [4.78, 5) is 11.2. The Kier molecular flexibility index (Phi) is 6.55. The van der Waals surface area contributed by atoms with Gasteiger partial charge < -0.3 is 21.3 Å². The molecule has 1 fully saturated rings. The number of aliphatic hydroxyl groups is 2. The van der Waals surface area contributed by atoms with E-state index in [2.05, 4.69) is 5.32 Å². The van der Waals surface area contributed by atoms with Crippen LogP contribution in [0.4, 0.5) is 0 Å². The first-order valence-electron chi connectivity index (χ1n) is 5.72.